The first-order valence-electron chi connectivity index (χ1n) is 5.72. The number of rotatable bonds is 4. The zero-order valence-electron chi connectivity index (χ0n) is 10.4. The maximum Gasteiger partial charge on any atom is 0.130 e. The Balaban J connectivity index is 2.59. The van der Waals surface area contributed by atoms with Gasteiger partial charge in [0.25, 0.3) is 0 Å². The lowest BCUT2D eigenvalue weighted by molar-refractivity contribution is 0.364. The van der Waals surface area contributed by atoms with E-state index in [1.165, 1.54) is 26.4 Å². The van der Waals surface area contributed by atoms with Gasteiger partial charge in [0, 0.05) is 29.2 Å². The first-order chi connectivity index (χ1) is 8.05. The summed E-state index contributed by atoms with van der Waals surface area (Å²) in [6.07, 6.45) is 1.98. The standard InChI is InChI=1S/C13H18FNO2/c1-8(15)13(4-5-13)12-10(16-2)6-9(14)7-11(12)17-3/h6-8H,4-5,15H2,1-3H3. The van der Waals surface area contributed by atoms with Crippen LogP contribution in [0.2, 0.25) is 0 Å². The van der Waals surface area contributed by atoms with E-state index < -0.39 is 0 Å². The molecule has 0 amide bonds. The van der Waals surface area contributed by atoms with Gasteiger partial charge in [-0.2, -0.15) is 0 Å². The maximum absolute atomic E-state index is 13.4. The number of nitrogens with two attached hydrogens (primary N) is 1. The van der Waals surface area contributed by atoms with E-state index in [-0.39, 0.29) is 17.3 Å². The SMILES string of the molecule is COc1cc(F)cc(OC)c1C1(C(C)N)CC1. The first kappa shape index (κ1) is 12.2. The van der Waals surface area contributed by atoms with Crippen molar-refractivity contribution in [3.8, 4) is 11.5 Å². The van der Waals surface area contributed by atoms with Crippen molar-refractivity contribution in [1.29, 1.82) is 0 Å². The van der Waals surface area contributed by atoms with Gasteiger partial charge in [-0.1, -0.05) is 0 Å². The molecular weight excluding hydrogens is 221 g/mol. The number of ether oxygens (including phenoxy) is 2. The second-order valence-corrected chi connectivity index (χ2v) is 4.63. The van der Waals surface area contributed by atoms with Crippen molar-refractivity contribution in [2.75, 3.05) is 14.2 Å². The van der Waals surface area contributed by atoms with Crippen molar-refractivity contribution in [3.05, 3.63) is 23.5 Å². The third-order valence-corrected chi connectivity index (χ3v) is 3.63. The van der Waals surface area contributed by atoms with Crippen LogP contribution in [0.1, 0.15) is 25.3 Å². The minimum absolute atomic E-state index is 0.00392. The minimum atomic E-state index is -0.358. The molecule has 1 unspecified atom stereocenters. The molecule has 4 heteroatoms. The quantitative estimate of drug-likeness (QED) is 0.876. The lowest BCUT2D eigenvalue weighted by Crippen LogP contribution is -2.32. The summed E-state index contributed by atoms with van der Waals surface area (Å²) in [5, 5.41) is 0. The van der Waals surface area contributed by atoms with Crippen LogP contribution < -0.4 is 15.2 Å². The van der Waals surface area contributed by atoms with Gasteiger partial charge in [-0.05, 0) is 19.8 Å². The van der Waals surface area contributed by atoms with E-state index in [0.717, 1.165) is 18.4 Å². The Morgan fingerprint density at radius 2 is 1.71 bits per heavy atom. The Bertz CT molecular complexity index is 402. The summed E-state index contributed by atoms with van der Waals surface area (Å²) in [7, 11) is 3.07. The zero-order valence-corrected chi connectivity index (χ0v) is 10.4. The smallest absolute Gasteiger partial charge is 0.130 e. The molecule has 1 aromatic carbocycles. The fourth-order valence-corrected chi connectivity index (χ4v) is 2.44. The molecular formula is C13H18FNO2. The lowest BCUT2D eigenvalue weighted by Gasteiger charge is -2.24. The van der Waals surface area contributed by atoms with Gasteiger partial charge in [0.1, 0.15) is 17.3 Å². The molecule has 0 radical (unpaired) electrons. The summed E-state index contributed by atoms with van der Waals surface area (Å²) in [5.74, 6) is 0.691. The van der Waals surface area contributed by atoms with Crippen LogP contribution in [-0.2, 0) is 5.41 Å². The predicted molar refractivity (Wildman–Crippen MR) is 64.1 cm³/mol. The Hall–Kier alpha value is -1.29. The number of halogens is 1. The largest absolute Gasteiger partial charge is 0.496 e. The van der Waals surface area contributed by atoms with Gasteiger partial charge in [0.05, 0.1) is 14.2 Å². The molecule has 0 spiro atoms. The van der Waals surface area contributed by atoms with Gasteiger partial charge in [0.15, 0.2) is 0 Å². The zero-order chi connectivity index (χ0) is 12.6. The molecule has 94 valence electrons. The molecule has 1 aromatic rings. The Morgan fingerprint density at radius 3 is 2.00 bits per heavy atom. The average Bonchev–Trinajstić information content (AvgIpc) is 3.08. The van der Waals surface area contributed by atoms with E-state index in [4.69, 9.17) is 15.2 Å². The monoisotopic (exact) mass is 239 g/mol. The fraction of sp³-hybridized carbons (Fsp3) is 0.538. The Morgan fingerprint density at radius 1 is 1.24 bits per heavy atom. The molecule has 2 rings (SSSR count). The number of methoxy groups -OCH3 is 2. The van der Waals surface area contributed by atoms with Gasteiger partial charge < -0.3 is 15.2 Å². The molecule has 2 N–H and O–H groups in total. The van der Waals surface area contributed by atoms with E-state index in [2.05, 4.69) is 0 Å². The van der Waals surface area contributed by atoms with Crippen molar-refractivity contribution in [2.24, 2.45) is 5.73 Å². The van der Waals surface area contributed by atoms with E-state index in [0.29, 0.717) is 11.5 Å². The number of benzene rings is 1. The average molecular weight is 239 g/mol. The summed E-state index contributed by atoms with van der Waals surface area (Å²) in [5.41, 5.74) is 6.83. The third-order valence-electron chi connectivity index (χ3n) is 3.63. The first-order valence-corrected chi connectivity index (χ1v) is 5.72. The molecule has 17 heavy (non-hydrogen) atoms. The van der Waals surface area contributed by atoms with Crippen LogP contribution in [0, 0.1) is 5.82 Å². The van der Waals surface area contributed by atoms with Crippen molar-refractivity contribution in [3.63, 3.8) is 0 Å². The van der Waals surface area contributed by atoms with Crippen LogP contribution in [-0.4, -0.2) is 20.3 Å². The highest BCUT2D eigenvalue weighted by Crippen LogP contribution is 2.56. The molecule has 3 nitrogen and oxygen atoms in total. The molecule has 1 aliphatic carbocycles. The topological polar surface area (TPSA) is 44.5 Å². The Kier molecular flexibility index (Phi) is 3.00. The predicted octanol–water partition coefficient (Wildman–Crippen LogP) is 2.22. The van der Waals surface area contributed by atoms with Gasteiger partial charge >= 0.3 is 0 Å². The van der Waals surface area contributed by atoms with Gasteiger partial charge in [-0.3, -0.25) is 0 Å². The van der Waals surface area contributed by atoms with Gasteiger partial charge in [-0.25, -0.2) is 4.39 Å². The fourth-order valence-electron chi connectivity index (χ4n) is 2.44. The highest BCUT2D eigenvalue weighted by molar-refractivity contribution is 5.53. The van der Waals surface area contributed by atoms with Crippen LogP contribution in [0.5, 0.6) is 11.5 Å². The van der Waals surface area contributed by atoms with Crippen LogP contribution in [0.3, 0.4) is 0 Å². The molecule has 1 fully saturated rings. The minimum Gasteiger partial charge on any atom is -0.496 e. The molecule has 0 aliphatic heterocycles. The summed E-state index contributed by atoms with van der Waals surface area (Å²) in [6.45, 7) is 1.97. The molecule has 0 saturated heterocycles. The van der Waals surface area contributed by atoms with Crippen LogP contribution in [0.15, 0.2) is 12.1 Å². The van der Waals surface area contributed by atoms with Crippen molar-refractivity contribution in [2.45, 2.75) is 31.2 Å². The maximum atomic E-state index is 13.4. The highest BCUT2D eigenvalue weighted by atomic mass is 19.1. The molecule has 1 atom stereocenters. The summed E-state index contributed by atoms with van der Waals surface area (Å²) < 4.78 is 23.9. The van der Waals surface area contributed by atoms with Gasteiger partial charge in [0.2, 0.25) is 0 Å². The van der Waals surface area contributed by atoms with Gasteiger partial charge in [-0.15, -0.1) is 0 Å². The summed E-state index contributed by atoms with van der Waals surface area (Å²) >= 11 is 0. The third kappa shape index (κ3) is 1.86. The molecule has 1 aliphatic rings. The van der Waals surface area contributed by atoms with Crippen molar-refractivity contribution >= 4 is 0 Å². The number of hydrogen-bond donors (Lipinski definition) is 1. The van der Waals surface area contributed by atoms with Crippen molar-refractivity contribution < 1.29 is 13.9 Å². The van der Waals surface area contributed by atoms with E-state index in [1.54, 1.807) is 0 Å². The van der Waals surface area contributed by atoms with Crippen LogP contribution in [0.4, 0.5) is 4.39 Å². The van der Waals surface area contributed by atoms with E-state index >= 15 is 0 Å². The summed E-state index contributed by atoms with van der Waals surface area (Å²) in [4.78, 5) is 0. The van der Waals surface area contributed by atoms with Crippen molar-refractivity contribution in [1.82, 2.24) is 0 Å². The molecule has 1 saturated carbocycles. The second kappa shape index (κ2) is 4.18. The molecule has 0 aromatic heterocycles. The van der Waals surface area contributed by atoms with Crippen LogP contribution in [0.25, 0.3) is 0 Å². The summed E-state index contributed by atoms with van der Waals surface area (Å²) in [6, 6.07) is 2.77. The van der Waals surface area contributed by atoms with Crippen LogP contribution >= 0.6 is 0 Å². The highest BCUT2D eigenvalue weighted by Gasteiger charge is 2.51. The van der Waals surface area contributed by atoms with E-state index in [9.17, 15) is 4.39 Å². The molecule has 0 bridgehead atoms. The number of hydrogen-bond acceptors (Lipinski definition) is 3. The lowest BCUT2D eigenvalue weighted by atomic mass is 9.88. The Labute approximate surface area is 101 Å². The second-order valence-electron chi connectivity index (χ2n) is 4.63. The normalized spacial score (nSPS) is 18.6. The van der Waals surface area contributed by atoms with E-state index in [1.807, 2.05) is 6.92 Å². The molecule has 0 heterocycles.